The lowest BCUT2D eigenvalue weighted by molar-refractivity contribution is -0.170. The molecule has 40 heavy (non-hydrogen) atoms. The maximum absolute atomic E-state index is 12.6. The molecular weight excluding hydrogens is 548 g/mol. The highest BCUT2D eigenvalue weighted by Gasteiger charge is 2.48. The molecule has 0 unspecified atom stereocenters. The van der Waals surface area contributed by atoms with Crippen LogP contribution in [0.2, 0.25) is 0 Å². The third-order valence-corrected chi connectivity index (χ3v) is 9.12. The molecule has 1 aromatic carbocycles. The number of carboxylic acids is 1. The van der Waals surface area contributed by atoms with Crippen LogP contribution >= 0.6 is 22.7 Å². The highest BCUT2D eigenvalue weighted by molar-refractivity contribution is 7.12. The predicted molar refractivity (Wildman–Crippen MR) is 156 cm³/mol. The fourth-order valence-electron chi connectivity index (χ4n) is 5.06. The van der Waals surface area contributed by atoms with Crippen LogP contribution in [0.15, 0.2) is 59.3 Å². The Kier molecular flexibility index (Phi) is 10.5. The van der Waals surface area contributed by atoms with E-state index in [-0.39, 0.29) is 24.4 Å². The summed E-state index contributed by atoms with van der Waals surface area (Å²) in [4.78, 5) is 39.7. The Balaban J connectivity index is 1.20. The Morgan fingerprint density at radius 2 is 1.62 bits per heavy atom. The Morgan fingerprint density at radius 3 is 2.15 bits per heavy atom. The van der Waals surface area contributed by atoms with Gasteiger partial charge in [-0.15, -0.1) is 22.7 Å². The molecular formula is C30H36N2O6S2. The SMILES string of the molecule is CC(=O)Cc1ccc(OCC(=O)NCCN(C)C2CCC(OC(C(=O)O)(c3cccs3)c3cccs3)CC2)cc1. The van der Waals surface area contributed by atoms with Gasteiger partial charge < -0.3 is 24.8 Å². The number of benzene rings is 1. The van der Waals surface area contributed by atoms with Crippen LogP contribution in [-0.2, 0) is 31.1 Å². The lowest BCUT2D eigenvalue weighted by atomic mass is 9.90. The Hall–Kier alpha value is -3.05. The van der Waals surface area contributed by atoms with Crippen LogP contribution in [0.5, 0.6) is 5.75 Å². The number of carbonyl (C=O) groups is 3. The van der Waals surface area contributed by atoms with Crippen molar-refractivity contribution in [1.82, 2.24) is 10.2 Å². The number of rotatable bonds is 14. The van der Waals surface area contributed by atoms with E-state index in [4.69, 9.17) is 9.47 Å². The molecule has 1 fully saturated rings. The normalized spacial score (nSPS) is 17.5. The summed E-state index contributed by atoms with van der Waals surface area (Å²) in [5.74, 6) is -0.488. The molecule has 0 bridgehead atoms. The van der Waals surface area contributed by atoms with Gasteiger partial charge in [-0.1, -0.05) is 24.3 Å². The minimum atomic E-state index is -1.48. The van der Waals surface area contributed by atoms with Crippen LogP contribution in [0.1, 0.15) is 47.9 Å². The Morgan fingerprint density at radius 1 is 1.00 bits per heavy atom. The molecule has 1 aliphatic carbocycles. The largest absolute Gasteiger partial charge is 0.484 e. The number of nitrogens with one attached hydrogen (secondary N) is 1. The number of amides is 1. The molecule has 8 nitrogen and oxygen atoms in total. The van der Waals surface area contributed by atoms with Gasteiger partial charge in [-0.2, -0.15) is 0 Å². The number of nitrogens with zero attached hydrogens (tertiary/aromatic N) is 1. The summed E-state index contributed by atoms with van der Waals surface area (Å²) < 4.78 is 12.0. The van der Waals surface area contributed by atoms with Crippen molar-refractivity contribution >= 4 is 40.3 Å². The zero-order chi connectivity index (χ0) is 28.5. The van der Waals surface area contributed by atoms with Crippen LogP contribution in [0.25, 0.3) is 0 Å². The molecule has 2 heterocycles. The first-order valence-corrected chi connectivity index (χ1v) is 15.2. The van der Waals surface area contributed by atoms with E-state index in [2.05, 4.69) is 17.3 Å². The van der Waals surface area contributed by atoms with Gasteiger partial charge in [0.25, 0.3) is 5.91 Å². The van der Waals surface area contributed by atoms with Crippen molar-refractivity contribution < 1.29 is 29.0 Å². The Labute approximate surface area is 242 Å². The van der Waals surface area contributed by atoms with E-state index < -0.39 is 11.6 Å². The minimum Gasteiger partial charge on any atom is -0.484 e. The quantitative estimate of drug-likeness (QED) is 0.282. The molecule has 0 saturated heterocycles. The first-order chi connectivity index (χ1) is 19.3. The van der Waals surface area contributed by atoms with Crippen LogP contribution in [-0.4, -0.2) is 66.6 Å². The first-order valence-electron chi connectivity index (χ1n) is 13.4. The van der Waals surface area contributed by atoms with Crippen LogP contribution in [0.3, 0.4) is 0 Å². The highest BCUT2D eigenvalue weighted by atomic mass is 32.1. The summed E-state index contributed by atoms with van der Waals surface area (Å²) >= 11 is 2.81. The fourth-order valence-corrected chi connectivity index (χ4v) is 6.86. The molecule has 3 aromatic rings. The van der Waals surface area contributed by atoms with Crippen molar-refractivity contribution in [2.24, 2.45) is 0 Å². The number of carboxylic acid groups (broad SMARTS) is 1. The van der Waals surface area contributed by atoms with Crippen LogP contribution in [0, 0.1) is 0 Å². The van der Waals surface area contributed by atoms with E-state index in [0.29, 0.717) is 41.1 Å². The van der Waals surface area contributed by atoms with Crippen LogP contribution < -0.4 is 10.1 Å². The number of hydrogen-bond acceptors (Lipinski definition) is 8. The lowest BCUT2D eigenvalue weighted by Gasteiger charge is -2.38. The van der Waals surface area contributed by atoms with Gasteiger partial charge in [0.05, 0.1) is 15.9 Å². The molecule has 0 spiro atoms. The number of hydrogen-bond donors (Lipinski definition) is 2. The zero-order valence-corrected chi connectivity index (χ0v) is 24.5. The molecule has 2 aromatic heterocycles. The standard InChI is InChI=1S/C30H36N2O6S2/c1-21(33)19-22-7-11-24(12-8-22)37-20-28(34)31-15-16-32(2)23-9-13-25(14-10-23)38-30(29(35)36,26-5-3-17-39-26)27-6-4-18-40-27/h3-8,11-12,17-18,23,25H,9-10,13-16,19-20H2,1-2H3,(H,31,34)(H,35,36). The van der Waals surface area contributed by atoms with E-state index in [1.807, 2.05) is 47.2 Å². The molecule has 0 radical (unpaired) electrons. The van der Waals surface area contributed by atoms with Gasteiger partial charge in [-0.05, 0) is 80.2 Å². The summed E-state index contributed by atoms with van der Waals surface area (Å²) in [6, 6.07) is 14.9. The van der Waals surface area contributed by atoms with Crippen molar-refractivity contribution in [2.45, 2.75) is 56.8 Å². The molecule has 1 aliphatic rings. The molecule has 1 saturated carbocycles. The summed E-state index contributed by atoms with van der Waals surface area (Å²) in [5.41, 5.74) is -0.562. The number of Topliss-reactive ketones (excluding diaryl/α,β-unsaturated/α-hetero) is 1. The number of aliphatic carboxylic acids is 1. The summed E-state index contributed by atoms with van der Waals surface area (Å²) in [6.45, 7) is 2.69. The lowest BCUT2D eigenvalue weighted by Crippen LogP contribution is -2.45. The molecule has 0 atom stereocenters. The summed E-state index contributed by atoms with van der Waals surface area (Å²) in [7, 11) is 2.05. The van der Waals surface area contributed by atoms with Gasteiger partial charge in [0.15, 0.2) is 6.61 Å². The number of ketones is 1. The van der Waals surface area contributed by atoms with E-state index >= 15 is 0 Å². The van der Waals surface area contributed by atoms with Crippen molar-refractivity contribution in [3.8, 4) is 5.75 Å². The van der Waals surface area contributed by atoms with E-state index in [1.54, 1.807) is 19.1 Å². The molecule has 0 aliphatic heterocycles. The van der Waals surface area contributed by atoms with E-state index in [9.17, 15) is 19.5 Å². The molecule has 214 valence electrons. The highest BCUT2D eigenvalue weighted by Crippen LogP contribution is 2.42. The summed E-state index contributed by atoms with van der Waals surface area (Å²) in [5, 5.41) is 17.0. The van der Waals surface area contributed by atoms with E-state index in [1.165, 1.54) is 22.7 Å². The van der Waals surface area contributed by atoms with Gasteiger partial charge in [-0.25, -0.2) is 4.79 Å². The molecule has 4 rings (SSSR count). The third kappa shape index (κ3) is 7.57. The van der Waals surface area contributed by atoms with Gasteiger partial charge in [0, 0.05) is 25.6 Å². The predicted octanol–water partition coefficient (Wildman–Crippen LogP) is 4.72. The van der Waals surface area contributed by atoms with Gasteiger partial charge >= 0.3 is 5.97 Å². The molecule has 10 heteroatoms. The van der Waals surface area contributed by atoms with Crippen molar-refractivity contribution in [2.75, 3.05) is 26.7 Å². The average molecular weight is 585 g/mol. The number of ether oxygens (including phenoxy) is 2. The van der Waals surface area contributed by atoms with Gasteiger partial charge in [0.2, 0.25) is 5.60 Å². The second-order valence-corrected chi connectivity index (χ2v) is 12.0. The third-order valence-electron chi connectivity index (χ3n) is 7.18. The second kappa shape index (κ2) is 14.0. The Bertz CT molecular complexity index is 1200. The summed E-state index contributed by atoms with van der Waals surface area (Å²) in [6.07, 6.45) is 3.55. The smallest absolute Gasteiger partial charge is 0.347 e. The van der Waals surface area contributed by atoms with Crippen molar-refractivity contribution in [3.63, 3.8) is 0 Å². The number of thiophene rings is 2. The van der Waals surface area contributed by atoms with Gasteiger partial charge in [0.1, 0.15) is 11.5 Å². The maximum atomic E-state index is 12.6. The van der Waals surface area contributed by atoms with Crippen molar-refractivity contribution in [3.05, 3.63) is 74.6 Å². The zero-order valence-electron chi connectivity index (χ0n) is 22.8. The average Bonchev–Trinajstić information content (AvgIpc) is 3.67. The fraction of sp³-hybridized carbons (Fsp3) is 0.433. The van der Waals surface area contributed by atoms with Crippen molar-refractivity contribution in [1.29, 1.82) is 0 Å². The van der Waals surface area contributed by atoms with Gasteiger partial charge in [-0.3, -0.25) is 9.59 Å². The number of carbonyl (C=O) groups excluding carboxylic acids is 2. The first kappa shape index (κ1) is 29.9. The monoisotopic (exact) mass is 584 g/mol. The number of likely N-dealkylation sites (N-methyl/N-ethyl adjacent to an activating group) is 1. The van der Waals surface area contributed by atoms with Crippen LogP contribution in [0.4, 0.5) is 0 Å². The minimum absolute atomic E-state index is 0.0714. The van der Waals surface area contributed by atoms with E-state index in [0.717, 1.165) is 31.2 Å². The molecule has 2 N–H and O–H groups in total. The second-order valence-electron chi connectivity index (χ2n) is 10.1. The maximum Gasteiger partial charge on any atom is 0.347 e. The molecule has 1 amide bonds. The topological polar surface area (TPSA) is 105 Å².